The van der Waals surface area contributed by atoms with Crippen molar-refractivity contribution in [2.24, 2.45) is 0 Å². The SMILES string of the molecule is O=C(N[C@H](COc1ccc(SCc2ccccc2)cc1)Cc1ccccc1)c1ccc(F)cc1. The lowest BCUT2D eigenvalue weighted by Gasteiger charge is -2.20. The van der Waals surface area contributed by atoms with Crippen LogP contribution >= 0.6 is 11.8 Å². The van der Waals surface area contributed by atoms with Crippen LogP contribution in [-0.2, 0) is 12.2 Å². The maximum absolute atomic E-state index is 13.2. The van der Waals surface area contributed by atoms with Crippen LogP contribution in [0, 0.1) is 5.82 Å². The fourth-order valence-corrected chi connectivity index (χ4v) is 4.34. The van der Waals surface area contributed by atoms with E-state index < -0.39 is 0 Å². The number of rotatable bonds is 10. The molecule has 1 atom stereocenters. The zero-order valence-corrected chi connectivity index (χ0v) is 19.5. The van der Waals surface area contributed by atoms with Crippen molar-refractivity contribution in [2.45, 2.75) is 23.1 Å². The van der Waals surface area contributed by atoms with Gasteiger partial charge in [-0.1, -0.05) is 60.7 Å². The second kappa shape index (κ2) is 12.1. The molecule has 1 amide bonds. The summed E-state index contributed by atoms with van der Waals surface area (Å²) in [4.78, 5) is 13.9. The Morgan fingerprint density at radius 1 is 0.794 bits per heavy atom. The van der Waals surface area contributed by atoms with Gasteiger partial charge in [0.25, 0.3) is 5.91 Å². The van der Waals surface area contributed by atoms with Crippen molar-refractivity contribution in [3.05, 3.63) is 132 Å². The predicted molar refractivity (Wildman–Crippen MR) is 136 cm³/mol. The number of amides is 1. The van der Waals surface area contributed by atoms with Gasteiger partial charge in [0.05, 0.1) is 6.04 Å². The molecule has 34 heavy (non-hydrogen) atoms. The van der Waals surface area contributed by atoms with E-state index in [9.17, 15) is 9.18 Å². The lowest BCUT2D eigenvalue weighted by Crippen LogP contribution is -2.40. The summed E-state index contributed by atoms with van der Waals surface area (Å²) in [5, 5.41) is 3.03. The molecule has 0 heterocycles. The summed E-state index contributed by atoms with van der Waals surface area (Å²) in [6.45, 7) is 0.318. The highest BCUT2D eigenvalue weighted by molar-refractivity contribution is 7.98. The molecule has 4 aromatic rings. The van der Waals surface area contributed by atoms with Gasteiger partial charge in [-0.3, -0.25) is 4.79 Å². The Hall–Kier alpha value is -3.57. The number of carbonyl (C=O) groups excluding carboxylic acids is 1. The summed E-state index contributed by atoms with van der Waals surface area (Å²) in [5.74, 6) is 1.04. The van der Waals surface area contributed by atoms with E-state index in [1.54, 1.807) is 11.8 Å². The molecule has 0 bridgehead atoms. The molecule has 1 N–H and O–H groups in total. The Kier molecular flexibility index (Phi) is 8.36. The van der Waals surface area contributed by atoms with E-state index >= 15 is 0 Å². The molecular weight excluding hydrogens is 445 g/mol. The van der Waals surface area contributed by atoms with Crippen molar-refractivity contribution in [3.8, 4) is 5.75 Å². The van der Waals surface area contributed by atoms with Gasteiger partial charge in [-0.2, -0.15) is 0 Å². The topological polar surface area (TPSA) is 38.3 Å². The van der Waals surface area contributed by atoms with E-state index in [1.807, 2.05) is 72.8 Å². The van der Waals surface area contributed by atoms with Crippen molar-refractivity contribution in [3.63, 3.8) is 0 Å². The molecule has 4 rings (SSSR count). The highest BCUT2D eigenvalue weighted by Gasteiger charge is 2.16. The Morgan fingerprint density at radius 3 is 2.06 bits per heavy atom. The van der Waals surface area contributed by atoms with Crippen LogP contribution < -0.4 is 10.1 Å². The van der Waals surface area contributed by atoms with Gasteiger partial charge in [0.1, 0.15) is 18.2 Å². The van der Waals surface area contributed by atoms with Gasteiger partial charge in [-0.15, -0.1) is 11.8 Å². The second-order valence-corrected chi connectivity index (χ2v) is 8.97. The Morgan fingerprint density at radius 2 is 1.41 bits per heavy atom. The molecule has 0 saturated heterocycles. The van der Waals surface area contributed by atoms with E-state index in [2.05, 4.69) is 17.4 Å². The molecule has 4 aromatic carbocycles. The first-order chi connectivity index (χ1) is 16.7. The zero-order chi connectivity index (χ0) is 23.6. The van der Waals surface area contributed by atoms with Gasteiger partial charge >= 0.3 is 0 Å². The average molecular weight is 472 g/mol. The number of carbonyl (C=O) groups is 1. The molecule has 0 aromatic heterocycles. The van der Waals surface area contributed by atoms with Crippen LogP contribution in [0.1, 0.15) is 21.5 Å². The first-order valence-electron chi connectivity index (χ1n) is 11.2. The van der Waals surface area contributed by atoms with E-state index in [-0.39, 0.29) is 17.8 Å². The molecule has 0 aliphatic heterocycles. The summed E-state index contributed by atoms with van der Waals surface area (Å²) in [7, 11) is 0. The monoisotopic (exact) mass is 471 g/mol. The van der Waals surface area contributed by atoms with Crippen LogP contribution in [0.15, 0.2) is 114 Å². The first-order valence-corrected chi connectivity index (χ1v) is 12.1. The van der Waals surface area contributed by atoms with Crippen molar-refractivity contribution in [1.82, 2.24) is 5.32 Å². The van der Waals surface area contributed by atoms with Gasteiger partial charge in [0, 0.05) is 16.2 Å². The maximum atomic E-state index is 13.2. The summed E-state index contributed by atoms with van der Waals surface area (Å²) in [5.41, 5.74) is 2.80. The number of ether oxygens (including phenoxy) is 1. The molecule has 0 saturated carbocycles. The minimum Gasteiger partial charge on any atom is -0.491 e. The largest absolute Gasteiger partial charge is 0.491 e. The minimum absolute atomic E-state index is 0.243. The van der Waals surface area contributed by atoms with E-state index in [0.29, 0.717) is 18.6 Å². The fourth-order valence-electron chi connectivity index (χ4n) is 3.49. The first kappa shape index (κ1) is 23.6. The van der Waals surface area contributed by atoms with Gasteiger partial charge in [-0.05, 0) is 66.1 Å². The Bertz CT molecular complexity index is 1170. The lowest BCUT2D eigenvalue weighted by molar-refractivity contribution is 0.0921. The standard InChI is InChI=1S/C29H26FNO2S/c30-25-13-11-24(12-14-25)29(32)31-26(19-22-7-3-1-4-8-22)20-33-27-15-17-28(18-16-27)34-21-23-9-5-2-6-10-23/h1-18,26H,19-21H2,(H,31,32)/t26-/m0/s1. The highest BCUT2D eigenvalue weighted by Crippen LogP contribution is 2.25. The zero-order valence-electron chi connectivity index (χ0n) is 18.7. The normalized spacial score (nSPS) is 11.6. The summed E-state index contributed by atoms with van der Waals surface area (Å²) in [6.07, 6.45) is 0.624. The van der Waals surface area contributed by atoms with Crippen molar-refractivity contribution >= 4 is 17.7 Å². The molecule has 0 fully saturated rings. The summed E-state index contributed by atoms with van der Waals surface area (Å²) in [6, 6.07) is 33.6. The molecule has 0 radical (unpaired) electrons. The number of benzene rings is 4. The van der Waals surface area contributed by atoms with Crippen LogP contribution in [0.25, 0.3) is 0 Å². The molecule has 0 aliphatic carbocycles. The molecule has 3 nitrogen and oxygen atoms in total. The second-order valence-electron chi connectivity index (χ2n) is 7.92. The van der Waals surface area contributed by atoms with Crippen molar-refractivity contribution in [2.75, 3.05) is 6.61 Å². The molecule has 0 spiro atoms. The van der Waals surface area contributed by atoms with Gasteiger partial charge in [0.15, 0.2) is 0 Å². The van der Waals surface area contributed by atoms with Crippen LogP contribution in [0.2, 0.25) is 0 Å². The van der Waals surface area contributed by atoms with Crippen LogP contribution in [0.4, 0.5) is 4.39 Å². The minimum atomic E-state index is -0.369. The number of hydrogen-bond acceptors (Lipinski definition) is 3. The maximum Gasteiger partial charge on any atom is 0.251 e. The number of hydrogen-bond donors (Lipinski definition) is 1. The molecular formula is C29H26FNO2S. The summed E-state index contributed by atoms with van der Waals surface area (Å²) >= 11 is 1.78. The fraction of sp³-hybridized carbons (Fsp3) is 0.138. The molecule has 5 heteroatoms. The van der Waals surface area contributed by atoms with Crippen molar-refractivity contribution < 1.29 is 13.9 Å². The van der Waals surface area contributed by atoms with Gasteiger partial charge < -0.3 is 10.1 Å². The third kappa shape index (κ3) is 7.22. The predicted octanol–water partition coefficient (Wildman–Crippen LogP) is 6.54. The summed E-state index contributed by atoms with van der Waals surface area (Å²) < 4.78 is 19.2. The van der Waals surface area contributed by atoms with E-state index in [4.69, 9.17) is 4.74 Å². The third-order valence-corrected chi connectivity index (χ3v) is 6.37. The number of thioether (sulfide) groups is 1. The lowest BCUT2D eigenvalue weighted by atomic mass is 10.1. The third-order valence-electron chi connectivity index (χ3n) is 5.29. The Balaban J connectivity index is 1.36. The van der Waals surface area contributed by atoms with Crippen LogP contribution in [0.5, 0.6) is 5.75 Å². The van der Waals surface area contributed by atoms with E-state index in [1.165, 1.54) is 34.7 Å². The molecule has 172 valence electrons. The molecule has 0 aliphatic rings. The average Bonchev–Trinajstić information content (AvgIpc) is 2.88. The quantitative estimate of drug-likeness (QED) is 0.267. The number of nitrogens with one attached hydrogen (secondary N) is 1. The van der Waals surface area contributed by atoms with Crippen LogP contribution in [0.3, 0.4) is 0 Å². The van der Waals surface area contributed by atoms with E-state index in [0.717, 1.165) is 17.1 Å². The van der Waals surface area contributed by atoms with Crippen molar-refractivity contribution in [1.29, 1.82) is 0 Å². The number of halogens is 1. The highest BCUT2D eigenvalue weighted by atomic mass is 32.2. The molecule has 0 unspecified atom stereocenters. The van der Waals surface area contributed by atoms with Gasteiger partial charge in [0.2, 0.25) is 0 Å². The van der Waals surface area contributed by atoms with Gasteiger partial charge in [-0.25, -0.2) is 4.39 Å². The smallest absolute Gasteiger partial charge is 0.251 e. The Labute approximate surface area is 204 Å². The van der Waals surface area contributed by atoms with Crippen LogP contribution in [-0.4, -0.2) is 18.6 Å².